The highest BCUT2D eigenvalue weighted by molar-refractivity contribution is 4.17. The first-order chi connectivity index (χ1) is 4.00. The van der Waals surface area contributed by atoms with Gasteiger partial charge in [0, 0.05) is 0 Å². The summed E-state index contributed by atoms with van der Waals surface area (Å²) in [6.07, 6.45) is 0. The largest absolute Gasteiger partial charge is 0.267 e. The number of nitrogens with one attached hydrogen (secondary N) is 1. The van der Waals surface area contributed by atoms with Crippen LogP contribution in [-0.4, -0.2) is 20.3 Å². The summed E-state index contributed by atoms with van der Waals surface area (Å²) in [6.45, 7) is 0.661. The molecule has 0 amide bonds. The summed E-state index contributed by atoms with van der Waals surface area (Å²) in [5, 5.41) is 2.69. The normalized spacial score (nSPS) is 24.0. The van der Waals surface area contributed by atoms with Gasteiger partial charge in [0.1, 0.15) is 13.5 Å². The molecule has 1 aliphatic heterocycles. The molecule has 0 aromatic heterocycles. The van der Waals surface area contributed by atoms with E-state index in [0.29, 0.717) is 13.5 Å². The van der Waals surface area contributed by atoms with Crippen molar-refractivity contribution in [2.45, 2.75) is 0 Å². The van der Waals surface area contributed by atoms with E-state index in [0.717, 1.165) is 0 Å². The molecule has 0 unspecified atom stereocenters. The average molecular weight is 121 g/mol. The van der Waals surface area contributed by atoms with Crippen LogP contribution in [0.5, 0.6) is 0 Å². The molecule has 0 atom stereocenters. The van der Waals surface area contributed by atoms with Crippen molar-refractivity contribution < 1.29 is 19.6 Å². The summed E-state index contributed by atoms with van der Waals surface area (Å²) in [7, 11) is 0. The van der Waals surface area contributed by atoms with E-state index >= 15 is 0 Å². The van der Waals surface area contributed by atoms with Gasteiger partial charge >= 0.3 is 0 Å². The van der Waals surface area contributed by atoms with Crippen molar-refractivity contribution in [1.29, 1.82) is 0 Å². The smallest absolute Gasteiger partial charge is 0.214 e. The predicted molar refractivity (Wildman–Crippen MR) is 22.1 cm³/mol. The van der Waals surface area contributed by atoms with E-state index in [1.165, 1.54) is 0 Å². The zero-order chi connectivity index (χ0) is 5.66. The Kier molecular flexibility index (Phi) is 2.79. The van der Waals surface area contributed by atoms with Crippen LogP contribution >= 0.6 is 0 Å². The summed E-state index contributed by atoms with van der Waals surface area (Å²) in [6, 6.07) is 0. The average Bonchev–Trinajstić information content (AvgIpc) is 1.62. The van der Waals surface area contributed by atoms with Crippen molar-refractivity contribution in [2.75, 3.05) is 20.3 Å². The maximum atomic E-state index is 4.46. The van der Waals surface area contributed by atoms with Gasteiger partial charge in [-0.15, -0.1) is 0 Å². The fraction of sp³-hybridized carbons (Fsp3) is 1.00. The second-order valence-electron chi connectivity index (χ2n) is 1.13. The van der Waals surface area contributed by atoms with Crippen molar-refractivity contribution in [3.8, 4) is 0 Å². The molecule has 0 aromatic carbocycles. The molecule has 1 saturated heterocycles. The molecule has 1 aliphatic rings. The third-order valence-corrected chi connectivity index (χ3v) is 0.585. The second-order valence-corrected chi connectivity index (χ2v) is 1.13. The first-order valence-electron chi connectivity index (χ1n) is 2.20. The molecular weight excluding hydrogens is 114 g/mol. The third kappa shape index (κ3) is 2.20. The van der Waals surface area contributed by atoms with Crippen molar-refractivity contribution in [3.05, 3.63) is 0 Å². The number of hydrogen-bond acceptors (Lipinski definition) is 5. The van der Waals surface area contributed by atoms with Gasteiger partial charge < -0.3 is 0 Å². The molecule has 8 heavy (non-hydrogen) atoms. The Labute approximate surface area is 46.3 Å². The van der Waals surface area contributed by atoms with Crippen LogP contribution in [0.3, 0.4) is 0 Å². The van der Waals surface area contributed by atoms with Crippen LogP contribution < -0.4 is 5.32 Å². The highest BCUT2D eigenvalue weighted by Gasteiger charge is 1.94. The Morgan fingerprint density at radius 3 is 2.12 bits per heavy atom. The standard InChI is InChI=1S/C3H7NO4/c1-4-2-6-8-3-7-5-1/h4H,1-3H2. The molecule has 1 fully saturated rings. The van der Waals surface area contributed by atoms with Crippen LogP contribution in [0.25, 0.3) is 0 Å². The van der Waals surface area contributed by atoms with E-state index in [4.69, 9.17) is 0 Å². The SMILES string of the molecule is C1NCOOCOO1. The summed E-state index contributed by atoms with van der Waals surface area (Å²) >= 11 is 0. The Balaban J connectivity index is 2.00. The van der Waals surface area contributed by atoms with E-state index < -0.39 is 0 Å². The molecule has 5 heteroatoms. The van der Waals surface area contributed by atoms with Crippen LogP contribution in [0, 0.1) is 0 Å². The lowest BCUT2D eigenvalue weighted by atomic mass is 11.1. The van der Waals surface area contributed by atoms with Crippen LogP contribution in [0.15, 0.2) is 0 Å². The van der Waals surface area contributed by atoms with E-state index in [2.05, 4.69) is 24.9 Å². The van der Waals surface area contributed by atoms with Crippen LogP contribution in [-0.2, 0) is 19.6 Å². The Hall–Kier alpha value is -0.200. The fourth-order valence-corrected chi connectivity index (χ4v) is 0.296. The summed E-state index contributed by atoms with van der Waals surface area (Å²) in [5.74, 6) is 0. The molecule has 0 saturated carbocycles. The minimum Gasteiger partial charge on any atom is -0.267 e. The molecule has 0 radical (unpaired) electrons. The van der Waals surface area contributed by atoms with Crippen molar-refractivity contribution in [3.63, 3.8) is 0 Å². The number of rotatable bonds is 0. The van der Waals surface area contributed by atoms with Gasteiger partial charge in [0.05, 0.1) is 0 Å². The third-order valence-electron chi connectivity index (χ3n) is 0.585. The molecule has 1 rings (SSSR count). The predicted octanol–water partition coefficient (Wildman–Crippen LogP) is -0.642. The van der Waals surface area contributed by atoms with Crippen molar-refractivity contribution >= 4 is 0 Å². The van der Waals surface area contributed by atoms with Crippen molar-refractivity contribution in [2.24, 2.45) is 0 Å². The lowest BCUT2D eigenvalue weighted by Crippen LogP contribution is -2.25. The first-order valence-corrected chi connectivity index (χ1v) is 2.20. The van der Waals surface area contributed by atoms with Crippen LogP contribution in [0.4, 0.5) is 0 Å². The van der Waals surface area contributed by atoms with E-state index in [1.807, 2.05) is 0 Å². The van der Waals surface area contributed by atoms with E-state index in [9.17, 15) is 0 Å². The van der Waals surface area contributed by atoms with E-state index in [1.54, 1.807) is 0 Å². The van der Waals surface area contributed by atoms with Crippen molar-refractivity contribution in [1.82, 2.24) is 5.32 Å². The van der Waals surface area contributed by atoms with Gasteiger partial charge in [-0.25, -0.2) is 19.6 Å². The van der Waals surface area contributed by atoms with Crippen LogP contribution in [0.1, 0.15) is 0 Å². The quantitative estimate of drug-likeness (QED) is 0.432. The highest BCUT2D eigenvalue weighted by Crippen LogP contribution is 1.83. The minimum atomic E-state index is 0.0156. The van der Waals surface area contributed by atoms with Gasteiger partial charge in [0.15, 0.2) is 0 Å². The molecule has 5 nitrogen and oxygen atoms in total. The minimum absolute atomic E-state index is 0.0156. The monoisotopic (exact) mass is 121 g/mol. The second kappa shape index (κ2) is 3.76. The lowest BCUT2D eigenvalue weighted by Gasteiger charge is -2.09. The summed E-state index contributed by atoms with van der Waals surface area (Å²) in [4.78, 5) is 17.6. The molecule has 1 heterocycles. The zero-order valence-corrected chi connectivity index (χ0v) is 4.25. The van der Waals surface area contributed by atoms with E-state index in [-0.39, 0.29) is 6.79 Å². The zero-order valence-electron chi connectivity index (χ0n) is 4.25. The molecule has 1 N–H and O–H groups in total. The van der Waals surface area contributed by atoms with Gasteiger partial charge in [-0.2, -0.15) is 0 Å². The molecule has 0 aliphatic carbocycles. The van der Waals surface area contributed by atoms with Gasteiger partial charge in [-0.05, 0) is 0 Å². The number of hydrogen-bond donors (Lipinski definition) is 1. The summed E-state index contributed by atoms with van der Waals surface area (Å²) in [5.41, 5.74) is 0. The van der Waals surface area contributed by atoms with Gasteiger partial charge in [0.25, 0.3) is 0 Å². The topological polar surface area (TPSA) is 49.0 Å². The highest BCUT2D eigenvalue weighted by atomic mass is 17.3. The lowest BCUT2D eigenvalue weighted by molar-refractivity contribution is -0.439. The first kappa shape index (κ1) is 5.93. The maximum Gasteiger partial charge on any atom is 0.214 e. The Morgan fingerprint density at radius 1 is 0.875 bits per heavy atom. The maximum absolute atomic E-state index is 4.46. The molecule has 0 aromatic rings. The van der Waals surface area contributed by atoms with Gasteiger partial charge in [0.2, 0.25) is 6.79 Å². The Bertz CT molecular complexity index is 35.2. The van der Waals surface area contributed by atoms with Gasteiger partial charge in [-0.3, -0.25) is 5.32 Å². The fourth-order valence-electron chi connectivity index (χ4n) is 0.296. The molecule has 0 bridgehead atoms. The summed E-state index contributed by atoms with van der Waals surface area (Å²) < 4.78 is 0. The molecule has 0 spiro atoms. The Morgan fingerprint density at radius 2 is 1.50 bits per heavy atom. The molecular formula is C3H7NO4. The van der Waals surface area contributed by atoms with Gasteiger partial charge in [-0.1, -0.05) is 0 Å². The van der Waals surface area contributed by atoms with Crippen LogP contribution in [0.2, 0.25) is 0 Å². The molecule has 48 valence electrons.